The number of hydrogen-bond acceptors (Lipinski definition) is 3. The highest BCUT2D eigenvalue weighted by Crippen LogP contribution is 2.19. The Labute approximate surface area is 67.0 Å². The van der Waals surface area contributed by atoms with Crippen LogP contribution in [0, 0.1) is 6.92 Å². The first-order valence-electron chi connectivity index (χ1n) is 2.64. The second kappa shape index (κ2) is 2.64. The van der Waals surface area contributed by atoms with E-state index in [4.69, 9.17) is 4.42 Å². The normalized spacial score (nSPS) is 13.7. The van der Waals surface area contributed by atoms with Crippen molar-refractivity contribution in [3.05, 3.63) is 11.8 Å². The highest BCUT2D eigenvalue weighted by molar-refractivity contribution is 14.1. The Morgan fingerprint density at radius 1 is 1.56 bits per heavy atom. The number of halogens is 1. The van der Waals surface area contributed by atoms with Crippen LogP contribution in [-0.4, -0.2) is 10.2 Å². The highest BCUT2D eigenvalue weighted by Gasteiger charge is 2.06. The third-order valence-corrected chi connectivity index (χ3v) is 1.41. The summed E-state index contributed by atoms with van der Waals surface area (Å²) in [4.78, 5) is 0. The van der Waals surface area contributed by atoms with E-state index in [2.05, 4.69) is 32.8 Å². The maximum atomic E-state index is 5.12. The van der Waals surface area contributed by atoms with E-state index < -0.39 is 0 Å². The zero-order valence-corrected chi connectivity index (χ0v) is 7.42. The molecule has 0 radical (unpaired) electrons. The topological polar surface area (TPSA) is 38.9 Å². The highest BCUT2D eigenvalue weighted by atomic mass is 127. The molecule has 0 N–H and O–H groups in total. The third-order valence-electron chi connectivity index (χ3n) is 0.882. The molecule has 0 amide bonds. The summed E-state index contributed by atoms with van der Waals surface area (Å²) >= 11 is 2.23. The van der Waals surface area contributed by atoms with Gasteiger partial charge in [-0.2, -0.15) is 0 Å². The van der Waals surface area contributed by atoms with E-state index in [9.17, 15) is 0 Å². The summed E-state index contributed by atoms with van der Waals surface area (Å²) in [7, 11) is 0. The Morgan fingerprint density at radius 2 is 2.22 bits per heavy atom. The molecule has 50 valence electrons. The molecule has 0 aliphatic carbocycles. The van der Waals surface area contributed by atoms with Crippen molar-refractivity contribution in [1.29, 1.82) is 0 Å². The van der Waals surface area contributed by atoms with E-state index >= 15 is 0 Å². The van der Waals surface area contributed by atoms with Gasteiger partial charge in [-0.25, -0.2) is 0 Å². The fourth-order valence-corrected chi connectivity index (χ4v) is 0.724. The van der Waals surface area contributed by atoms with Crippen LogP contribution in [0.2, 0.25) is 0 Å². The molecule has 1 atom stereocenters. The number of aryl methyl sites for hydroxylation is 1. The Hall–Kier alpha value is -0.130. The molecule has 1 aromatic heterocycles. The van der Waals surface area contributed by atoms with E-state index in [1.54, 1.807) is 6.92 Å². The summed E-state index contributed by atoms with van der Waals surface area (Å²) in [6, 6.07) is 0. The van der Waals surface area contributed by atoms with Crippen LogP contribution in [-0.2, 0) is 0 Å². The van der Waals surface area contributed by atoms with Crippen molar-refractivity contribution in [3.8, 4) is 0 Å². The van der Waals surface area contributed by atoms with Gasteiger partial charge in [0, 0.05) is 6.92 Å². The van der Waals surface area contributed by atoms with E-state index in [-0.39, 0.29) is 0 Å². The first-order chi connectivity index (χ1) is 4.20. The summed E-state index contributed by atoms with van der Waals surface area (Å²) in [6.07, 6.45) is 0. The molecule has 0 bridgehead atoms. The fraction of sp³-hybridized carbons (Fsp3) is 0.600. The molecule has 4 heteroatoms. The second-order valence-electron chi connectivity index (χ2n) is 1.78. The van der Waals surface area contributed by atoms with Gasteiger partial charge in [-0.15, -0.1) is 10.2 Å². The van der Waals surface area contributed by atoms with Crippen LogP contribution in [0.4, 0.5) is 0 Å². The van der Waals surface area contributed by atoms with Crippen LogP contribution >= 0.6 is 22.6 Å². The molecule has 3 nitrogen and oxygen atoms in total. The van der Waals surface area contributed by atoms with Crippen molar-refractivity contribution < 1.29 is 4.42 Å². The van der Waals surface area contributed by atoms with Crippen molar-refractivity contribution in [2.45, 2.75) is 17.8 Å². The molecule has 0 saturated heterocycles. The maximum absolute atomic E-state index is 5.12. The second-order valence-corrected chi connectivity index (χ2v) is 3.64. The Morgan fingerprint density at radius 3 is 2.44 bits per heavy atom. The Bertz CT molecular complexity index is 197. The van der Waals surface area contributed by atoms with Crippen LogP contribution in [0.25, 0.3) is 0 Å². The maximum Gasteiger partial charge on any atom is 0.229 e. The zero-order valence-electron chi connectivity index (χ0n) is 5.26. The summed E-state index contributed by atoms with van der Waals surface area (Å²) in [6.45, 7) is 3.79. The van der Waals surface area contributed by atoms with Gasteiger partial charge in [0.2, 0.25) is 11.8 Å². The monoisotopic (exact) mass is 238 g/mol. The lowest BCUT2D eigenvalue weighted by atomic mass is 10.5. The van der Waals surface area contributed by atoms with Crippen LogP contribution in [0.15, 0.2) is 4.42 Å². The Balaban J connectivity index is 2.85. The lowest BCUT2D eigenvalue weighted by Gasteiger charge is -1.90. The molecular formula is C5H7IN2O. The molecule has 1 aromatic rings. The summed E-state index contributed by atoms with van der Waals surface area (Å²) < 4.78 is 5.42. The predicted molar refractivity (Wildman–Crippen MR) is 41.5 cm³/mol. The molecule has 0 aromatic carbocycles. The van der Waals surface area contributed by atoms with Crippen molar-refractivity contribution in [1.82, 2.24) is 10.2 Å². The Kier molecular flexibility index (Phi) is 2.05. The minimum atomic E-state index is 0.309. The van der Waals surface area contributed by atoms with Gasteiger partial charge in [-0.1, -0.05) is 22.6 Å². The minimum absolute atomic E-state index is 0.309. The lowest BCUT2D eigenvalue weighted by Crippen LogP contribution is -1.81. The van der Waals surface area contributed by atoms with Gasteiger partial charge in [0.05, 0.1) is 3.92 Å². The average molecular weight is 238 g/mol. The van der Waals surface area contributed by atoms with Gasteiger partial charge in [0.25, 0.3) is 0 Å². The number of hydrogen-bond donors (Lipinski definition) is 0. The van der Waals surface area contributed by atoms with Crippen LogP contribution in [0.5, 0.6) is 0 Å². The molecule has 1 heterocycles. The molecule has 0 unspecified atom stereocenters. The fourth-order valence-electron chi connectivity index (χ4n) is 0.473. The van der Waals surface area contributed by atoms with Gasteiger partial charge in [-0.05, 0) is 6.92 Å². The molecule has 1 rings (SSSR count). The smallest absolute Gasteiger partial charge is 0.229 e. The van der Waals surface area contributed by atoms with E-state index in [1.807, 2.05) is 6.92 Å². The lowest BCUT2D eigenvalue weighted by molar-refractivity contribution is 0.474. The van der Waals surface area contributed by atoms with E-state index in [1.165, 1.54) is 0 Å². The van der Waals surface area contributed by atoms with Crippen molar-refractivity contribution >= 4 is 22.6 Å². The first-order valence-corrected chi connectivity index (χ1v) is 3.89. The molecule has 0 aliphatic heterocycles. The summed E-state index contributed by atoms with van der Waals surface area (Å²) in [5.41, 5.74) is 0. The number of alkyl halides is 1. The van der Waals surface area contributed by atoms with Crippen LogP contribution < -0.4 is 0 Å². The SMILES string of the molecule is Cc1nnc([C@H](C)I)o1. The molecule has 0 aliphatic rings. The molecule has 0 fully saturated rings. The van der Waals surface area contributed by atoms with Crippen molar-refractivity contribution in [2.75, 3.05) is 0 Å². The van der Waals surface area contributed by atoms with Crippen LogP contribution in [0.3, 0.4) is 0 Å². The zero-order chi connectivity index (χ0) is 6.85. The van der Waals surface area contributed by atoms with E-state index in [0.29, 0.717) is 15.7 Å². The predicted octanol–water partition coefficient (Wildman–Crippen LogP) is 1.87. The summed E-state index contributed by atoms with van der Waals surface area (Å²) in [5.74, 6) is 1.33. The van der Waals surface area contributed by atoms with Gasteiger partial charge in [-0.3, -0.25) is 0 Å². The largest absolute Gasteiger partial charge is 0.424 e. The number of nitrogens with zero attached hydrogens (tertiary/aromatic N) is 2. The molecule has 0 saturated carbocycles. The van der Waals surface area contributed by atoms with Gasteiger partial charge in [0.1, 0.15) is 0 Å². The first kappa shape index (κ1) is 6.98. The third kappa shape index (κ3) is 1.64. The summed E-state index contributed by atoms with van der Waals surface area (Å²) in [5, 5.41) is 7.51. The van der Waals surface area contributed by atoms with E-state index in [0.717, 1.165) is 0 Å². The molecule has 9 heavy (non-hydrogen) atoms. The molecular weight excluding hydrogens is 231 g/mol. The minimum Gasteiger partial charge on any atom is -0.424 e. The van der Waals surface area contributed by atoms with Gasteiger partial charge in [0.15, 0.2) is 0 Å². The standard InChI is InChI=1S/C5H7IN2O/c1-3(6)5-8-7-4(2)9-5/h3H,1-2H3/t3-/m0/s1. The quantitative estimate of drug-likeness (QED) is 0.553. The molecule has 0 spiro atoms. The van der Waals surface area contributed by atoms with Crippen molar-refractivity contribution in [2.24, 2.45) is 0 Å². The van der Waals surface area contributed by atoms with Gasteiger partial charge >= 0.3 is 0 Å². The number of rotatable bonds is 1. The van der Waals surface area contributed by atoms with Gasteiger partial charge < -0.3 is 4.42 Å². The van der Waals surface area contributed by atoms with Crippen LogP contribution in [0.1, 0.15) is 22.6 Å². The number of aromatic nitrogens is 2. The van der Waals surface area contributed by atoms with Crippen molar-refractivity contribution in [3.63, 3.8) is 0 Å². The average Bonchev–Trinajstić information content (AvgIpc) is 2.14.